The van der Waals surface area contributed by atoms with E-state index in [2.05, 4.69) is 16.4 Å². The molecule has 1 aliphatic rings. The highest BCUT2D eigenvalue weighted by atomic mass is 32.1. The van der Waals surface area contributed by atoms with E-state index in [9.17, 15) is 4.79 Å². The van der Waals surface area contributed by atoms with Gasteiger partial charge in [0.2, 0.25) is 5.91 Å². The number of nitrogens with zero attached hydrogens (tertiary/aromatic N) is 2. The van der Waals surface area contributed by atoms with Gasteiger partial charge in [0, 0.05) is 16.6 Å². The van der Waals surface area contributed by atoms with Crippen molar-refractivity contribution in [3.8, 4) is 17.3 Å². The van der Waals surface area contributed by atoms with Crippen molar-refractivity contribution in [1.29, 1.82) is 5.26 Å². The van der Waals surface area contributed by atoms with Crippen LogP contribution in [0.25, 0.3) is 11.3 Å². The Kier molecular flexibility index (Phi) is 2.58. The Morgan fingerprint density at radius 1 is 1.50 bits per heavy atom. The summed E-state index contributed by atoms with van der Waals surface area (Å²) in [4.78, 5) is 15.7. The first-order valence-corrected chi connectivity index (χ1v) is 6.39. The smallest absolute Gasteiger partial charge is 0.228 e. The van der Waals surface area contributed by atoms with E-state index >= 15 is 0 Å². The van der Waals surface area contributed by atoms with Crippen molar-refractivity contribution >= 4 is 22.9 Å². The summed E-state index contributed by atoms with van der Waals surface area (Å²) in [6.45, 7) is 0. The van der Waals surface area contributed by atoms with Crippen LogP contribution in [0.15, 0.2) is 23.6 Å². The van der Waals surface area contributed by atoms with Crippen LogP contribution in [-0.2, 0) is 17.6 Å². The molecule has 0 atom stereocenters. The van der Waals surface area contributed by atoms with Crippen molar-refractivity contribution in [3.63, 3.8) is 0 Å². The Labute approximate surface area is 108 Å². The minimum Gasteiger partial charge on any atom is -0.326 e. The number of rotatable bonds is 2. The van der Waals surface area contributed by atoms with Crippen LogP contribution in [0.4, 0.5) is 5.69 Å². The molecule has 2 aromatic rings. The largest absolute Gasteiger partial charge is 0.326 e. The highest BCUT2D eigenvalue weighted by molar-refractivity contribution is 7.10. The van der Waals surface area contributed by atoms with Crippen LogP contribution in [0.5, 0.6) is 0 Å². The molecule has 1 N–H and O–H groups in total. The van der Waals surface area contributed by atoms with Gasteiger partial charge in [-0.15, -0.1) is 11.3 Å². The zero-order chi connectivity index (χ0) is 12.5. The van der Waals surface area contributed by atoms with E-state index in [1.807, 2.05) is 23.6 Å². The summed E-state index contributed by atoms with van der Waals surface area (Å²) in [6, 6.07) is 7.92. The Morgan fingerprint density at radius 3 is 3.22 bits per heavy atom. The molecule has 0 unspecified atom stereocenters. The predicted octanol–water partition coefficient (Wildman–Crippen LogP) is 2.37. The number of benzene rings is 1. The van der Waals surface area contributed by atoms with E-state index in [0.29, 0.717) is 12.8 Å². The molecule has 88 valence electrons. The fourth-order valence-corrected chi connectivity index (χ4v) is 2.72. The molecule has 4 nitrogen and oxygen atoms in total. The Bertz CT molecular complexity index is 669. The van der Waals surface area contributed by atoms with Crippen LogP contribution in [-0.4, -0.2) is 10.9 Å². The van der Waals surface area contributed by atoms with Gasteiger partial charge < -0.3 is 5.32 Å². The molecule has 0 bridgehead atoms. The monoisotopic (exact) mass is 255 g/mol. The maximum Gasteiger partial charge on any atom is 0.228 e. The summed E-state index contributed by atoms with van der Waals surface area (Å²) in [5.74, 6) is 0.0330. The number of carbonyl (C=O) groups is 1. The number of hydrogen-bond acceptors (Lipinski definition) is 4. The molecule has 2 heterocycles. The fourth-order valence-electron chi connectivity index (χ4n) is 1.98. The Hall–Kier alpha value is -2.19. The summed E-state index contributed by atoms with van der Waals surface area (Å²) in [5.41, 5.74) is 3.75. The molecule has 0 fully saturated rings. The van der Waals surface area contributed by atoms with Gasteiger partial charge in [-0.05, 0) is 17.7 Å². The number of nitrogens with one attached hydrogen (secondary N) is 1. The molecule has 0 saturated carbocycles. The van der Waals surface area contributed by atoms with Crippen LogP contribution in [0, 0.1) is 11.3 Å². The van der Waals surface area contributed by atoms with Gasteiger partial charge >= 0.3 is 0 Å². The molecule has 0 radical (unpaired) electrons. The van der Waals surface area contributed by atoms with Gasteiger partial charge in [0.05, 0.1) is 24.6 Å². The van der Waals surface area contributed by atoms with Gasteiger partial charge in [0.1, 0.15) is 5.01 Å². The topological polar surface area (TPSA) is 65.8 Å². The average molecular weight is 255 g/mol. The van der Waals surface area contributed by atoms with Gasteiger partial charge in [-0.25, -0.2) is 4.98 Å². The molecule has 3 rings (SSSR count). The summed E-state index contributed by atoms with van der Waals surface area (Å²) in [7, 11) is 0. The number of hydrogen-bond donors (Lipinski definition) is 1. The summed E-state index contributed by atoms with van der Waals surface area (Å²) >= 11 is 1.49. The minimum absolute atomic E-state index is 0.0330. The third kappa shape index (κ3) is 1.87. The molecule has 0 saturated heterocycles. The number of amides is 1. The van der Waals surface area contributed by atoms with Crippen molar-refractivity contribution in [2.24, 2.45) is 0 Å². The van der Waals surface area contributed by atoms with Crippen molar-refractivity contribution in [2.75, 3.05) is 5.32 Å². The highest BCUT2D eigenvalue weighted by Crippen LogP contribution is 2.29. The number of aromatic nitrogens is 1. The lowest BCUT2D eigenvalue weighted by molar-refractivity contribution is -0.115. The maximum atomic E-state index is 11.3. The molecule has 1 aromatic carbocycles. The molecule has 0 spiro atoms. The zero-order valence-corrected chi connectivity index (χ0v) is 10.3. The van der Waals surface area contributed by atoms with Gasteiger partial charge in [0.25, 0.3) is 0 Å². The third-order valence-electron chi connectivity index (χ3n) is 2.81. The number of fused-ring (bicyclic) bond motifs is 1. The van der Waals surface area contributed by atoms with Gasteiger partial charge in [-0.3, -0.25) is 4.79 Å². The predicted molar refractivity (Wildman–Crippen MR) is 69.2 cm³/mol. The summed E-state index contributed by atoms with van der Waals surface area (Å²) < 4.78 is 0. The van der Waals surface area contributed by atoms with Crippen molar-refractivity contribution in [3.05, 3.63) is 34.2 Å². The lowest BCUT2D eigenvalue weighted by Crippen LogP contribution is -2.03. The van der Waals surface area contributed by atoms with Crippen LogP contribution >= 0.6 is 11.3 Å². The number of thiazole rings is 1. The summed E-state index contributed by atoms with van der Waals surface area (Å²) in [6.07, 6.45) is 0.772. The first-order chi connectivity index (χ1) is 8.76. The zero-order valence-electron chi connectivity index (χ0n) is 9.43. The lowest BCUT2D eigenvalue weighted by atomic mass is 10.1. The van der Waals surface area contributed by atoms with E-state index in [-0.39, 0.29) is 5.91 Å². The Morgan fingerprint density at radius 2 is 2.39 bits per heavy atom. The second-order valence-corrected chi connectivity index (χ2v) is 5.00. The molecule has 1 aliphatic heterocycles. The minimum atomic E-state index is 0.0330. The first kappa shape index (κ1) is 10.9. The third-order valence-corrected chi connectivity index (χ3v) is 3.66. The van der Waals surface area contributed by atoms with E-state index in [1.165, 1.54) is 11.3 Å². The Balaban J connectivity index is 1.95. The van der Waals surface area contributed by atoms with Crippen molar-refractivity contribution in [2.45, 2.75) is 12.8 Å². The lowest BCUT2D eigenvalue weighted by Gasteiger charge is -2.01. The first-order valence-electron chi connectivity index (χ1n) is 5.51. The number of anilines is 1. The molecule has 18 heavy (non-hydrogen) atoms. The number of carbonyl (C=O) groups excluding carboxylic acids is 1. The van der Waals surface area contributed by atoms with Crippen LogP contribution in [0.3, 0.4) is 0 Å². The molecule has 1 amide bonds. The maximum absolute atomic E-state index is 11.3. The molecule has 0 aliphatic carbocycles. The molecular weight excluding hydrogens is 246 g/mol. The fraction of sp³-hybridized carbons (Fsp3) is 0.154. The summed E-state index contributed by atoms with van der Waals surface area (Å²) in [5, 5.41) is 14.2. The average Bonchev–Trinajstić information content (AvgIpc) is 2.93. The van der Waals surface area contributed by atoms with E-state index in [0.717, 1.165) is 27.5 Å². The SMILES string of the molecule is N#CCc1nc(-c2ccc3c(c2)CC(=O)N3)cs1. The quantitative estimate of drug-likeness (QED) is 0.895. The molecular formula is C13H9N3OS. The second kappa shape index (κ2) is 4.24. The molecule has 1 aromatic heterocycles. The van der Waals surface area contributed by atoms with Gasteiger partial charge in [-0.1, -0.05) is 6.07 Å². The van der Waals surface area contributed by atoms with E-state index in [4.69, 9.17) is 5.26 Å². The number of nitriles is 1. The standard InChI is InChI=1S/C13H9N3OS/c14-4-3-13-16-11(7-18-13)8-1-2-10-9(5-8)6-12(17)15-10/h1-2,5,7H,3,6H2,(H,15,17). The van der Waals surface area contributed by atoms with Crippen LogP contribution in [0.2, 0.25) is 0 Å². The van der Waals surface area contributed by atoms with Crippen LogP contribution < -0.4 is 5.32 Å². The molecule has 5 heteroatoms. The van der Waals surface area contributed by atoms with Crippen molar-refractivity contribution in [1.82, 2.24) is 4.98 Å². The van der Waals surface area contributed by atoms with Crippen LogP contribution in [0.1, 0.15) is 10.6 Å². The normalized spacial score (nSPS) is 12.9. The highest BCUT2D eigenvalue weighted by Gasteiger charge is 2.18. The van der Waals surface area contributed by atoms with Crippen molar-refractivity contribution < 1.29 is 4.79 Å². The van der Waals surface area contributed by atoms with Gasteiger partial charge in [0.15, 0.2) is 0 Å². The van der Waals surface area contributed by atoms with E-state index < -0.39 is 0 Å². The second-order valence-electron chi connectivity index (χ2n) is 4.06. The van der Waals surface area contributed by atoms with Gasteiger partial charge in [-0.2, -0.15) is 5.26 Å². The van der Waals surface area contributed by atoms with E-state index in [1.54, 1.807) is 0 Å².